The van der Waals surface area contributed by atoms with E-state index in [-0.39, 0.29) is 6.79 Å². The van der Waals surface area contributed by atoms with Gasteiger partial charge >= 0.3 is 0 Å². The Morgan fingerprint density at radius 3 is 2.47 bits per heavy atom. The molecular weight excluding hydrogens is 410 g/mol. The molecule has 0 aliphatic carbocycles. The number of nitrogens with two attached hydrogens (primary N) is 1. The zero-order chi connectivity index (χ0) is 23.3. The molecule has 0 spiro atoms. The fourth-order valence-electron chi connectivity index (χ4n) is 3.29. The summed E-state index contributed by atoms with van der Waals surface area (Å²) in [6.07, 6.45) is 1.20. The summed E-state index contributed by atoms with van der Waals surface area (Å²) in [4.78, 5) is 10.9. The molecule has 0 aromatic heterocycles. The number of hydrogen-bond acceptors (Lipinski definition) is 7. The Bertz CT molecular complexity index is 1010. The lowest BCUT2D eigenvalue weighted by atomic mass is 10.00. The number of rotatable bonds is 7. The summed E-state index contributed by atoms with van der Waals surface area (Å²) in [6, 6.07) is 19.7. The number of carbonyl (C=O) groups is 1. The van der Waals surface area contributed by atoms with E-state index in [1.54, 1.807) is 0 Å². The standard InChI is InChI=1S/C23H21NO4.2CH4O/c24-13-16-4-3-6-18(10-16)19-11-20(23-22(12-19)27-15-28-23)14-26-21-7-2-1-5-17(21)8-9-25;2*1-2/h1-7,9-12H,8,13-15,24H2;2*2H,1H3. The lowest BCUT2D eigenvalue weighted by Crippen LogP contribution is -2.01. The van der Waals surface area contributed by atoms with Crippen molar-refractivity contribution in [2.24, 2.45) is 5.73 Å². The van der Waals surface area contributed by atoms with Crippen LogP contribution >= 0.6 is 0 Å². The molecule has 4 rings (SSSR count). The van der Waals surface area contributed by atoms with Crippen LogP contribution in [-0.2, 0) is 24.4 Å². The molecule has 3 aromatic carbocycles. The average molecular weight is 440 g/mol. The van der Waals surface area contributed by atoms with E-state index in [1.807, 2.05) is 54.6 Å². The fourth-order valence-corrected chi connectivity index (χ4v) is 3.29. The minimum Gasteiger partial charge on any atom is -0.488 e. The second-order valence-corrected chi connectivity index (χ2v) is 6.54. The third kappa shape index (κ3) is 6.07. The molecule has 7 heteroatoms. The molecule has 1 aliphatic heterocycles. The van der Waals surface area contributed by atoms with Gasteiger partial charge in [-0.3, -0.25) is 0 Å². The number of hydrogen-bond donors (Lipinski definition) is 3. The van der Waals surface area contributed by atoms with Crippen molar-refractivity contribution in [1.82, 2.24) is 0 Å². The maximum atomic E-state index is 10.9. The number of carbonyl (C=O) groups excluding carboxylic acids is 1. The zero-order valence-corrected chi connectivity index (χ0v) is 18.3. The number of aldehydes is 1. The van der Waals surface area contributed by atoms with Crippen LogP contribution in [-0.4, -0.2) is 37.5 Å². The normalized spacial score (nSPS) is 10.9. The zero-order valence-electron chi connectivity index (χ0n) is 18.3. The molecule has 0 saturated carbocycles. The smallest absolute Gasteiger partial charge is 0.231 e. The summed E-state index contributed by atoms with van der Waals surface area (Å²) in [5.74, 6) is 2.10. The Kier molecular flexibility index (Phi) is 10.2. The van der Waals surface area contributed by atoms with E-state index in [4.69, 9.17) is 30.2 Å². The van der Waals surface area contributed by atoms with E-state index in [1.165, 1.54) is 0 Å². The van der Waals surface area contributed by atoms with Crippen molar-refractivity contribution < 1.29 is 29.2 Å². The molecule has 0 saturated heterocycles. The Morgan fingerprint density at radius 1 is 0.938 bits per heavy atom. The number of aliphatic hydroxyl groups excluding tert-OH is 2. The quantitative estimate of drug-likeness (QED) is 0.485. The van der Waals surface area contributed by atoms with Gasteiger partial charge in [0.25, 0.3) is 0 Å². The van der Waals surface area contributed by atoms with Crippen LogP contribution < -0.4 is 19.9 Å². The first-order valence-corrected chi connectivity index (χ1v) is 10.0. The first kappa shape index (κ1) is 24.9. The van der Waals surface area contributed by atoms with Crippen molar-refractivity contribution in [1.29, 1.82) is 0 Å². The van der Waals surface area contributed by atoms with Crippen molar-refractivity contribution in [3.63, 3.8) is 0 Å². The van der Waals surface area contributed by atoms with Gasteiger partial charge in [0.1, 0.15) is 18.6 Å². The monoisotopic (exact) mass is 439 g/mol. The molecule has 0 bridgehead atoms. The van der Waals surface area contributed by atoms with Gasteiger partial charge in [0.15, 0.2) is 11.5 Å². The number of para-hydroxylation sites is 1. The molecule has 32 heavy (non-hydrogen) atoms. The number of ether oxygens (including phenoxy) is 3. The third-order valence-electron chi connectivity index (χ3n) is 4.70. The second-order valence-electron chi connectivity index (χ2n) is 6.54. The predicted octanol–water partition coefficient (Wildman–Crippen LogP) is 3.08. The molecule has 0 unspecified atom stereocenters. The van der Waals surface area contributed by atoms with Crippen LogP contribution in [0.2, 0.25) is 0 Å². The molecule has 7 nitrogen and oxygen atoms in total. The van der Waals surface area contributed by atoms with Gasteiger partial charge < -0.3 is 35.0 Å². The van der Waals surface area contributed by atoms with Crippen LogP contribution in [0.3, 0.4) is 0 Å². The highest BCUT2D eigenvalue weighted by Gasteiger charge is 2.20. The molecule has 170 valence electrons. The van der Waals surface area contributed by atoms with Crippen LogP contribution in [0.4, 0.5) is 0 Å². The summed E-state index contributed by atoms with van der Waals surface area (Å²) < 4.78 is 17.3. The van der Waals surface area contributed by atoms with E-state index in [9.17, 15) is 4.79 Å². The van der Waals surface area contributed by atoms with E-state index in [2.05, 4.69) is 6.07 Å². The number of fused-ring (bicyclic) bond motifs is 1. The van der Waals surface area contributed by atoms with Gasteiger partial charge in [-0.15, -0.1) is 0 Å². The van der Waals surface area contributed by atoms with Crippen molar-refractivity contribution in [3.8, 4) is 28.4 Å². The average Bonchev–Trinajstić information content (AvgIpc) is 3.35. The van der Waals surface area contributed by atoms with Crippen molar-refractivity contribution >= 4 is 6.29 Å². The second kappa shape index (κ2) is 13.1. The topological polar surface area (TPSA) is 111 Å². The van der Waals surface area contributed by atoms with E-state index in [0.29, 0.717) is 36.8 Å². The summed E-state index contributed by atoms with van der Waals surface area (Å²) >= 11 is 0. The highest BCUT2D eigenvalue weighted by atomic mass is 16.7. The lowest BCUT2D eigenvalue weighted by Gasteiger charge is -2.13. The van der Waals surface area contributed by atoms with E-state index >= 15 is 0 Å². The molecule has 4 N–H and O–H groups in total. The maximum absolute atomic E-state index is 10.9. The summed E-state index contributed by atoms with van der Waals surface area (Å²) in [5, 5.41) is 14.0. The van der Waals surface area contributed by atoms with Crippen molar-refractivity contribution in [2.75, 3.05) is 21.0 Å². The van der Waals surface area contributed by atoms with Crippen molar-refractivity contribution in [2.45, 2.75) is 19.6 Å². The Hall–Kier alpha value is -3.39. The molecule has 1 aliphatic rings. The summed E-state index contributed by atoms with van der Waals surface area (Å²) in [7, 11) is 2.00. The van der Waals surface area contributed by atoms with Gasteiger partial charge in [0, 0.05) is 38.3 Å². The first-order chi connectivity index (χ1) is 15.8. The van der Waals surface area contributed by atoms with E-state index in [0.717, 1.165) is 48.3 Å². The molecule has 3 aromatic rings. The largest absolute Gasteiger partial charge is 0.488 e. The highest BCUT2D eigenvalue weighted by Crippen LogP contribution is 2.40. The maximum Gasteiger partial charge on any atom is 0.231 e. The molecular formula is C25H29NO6. The minimum atomic E-state index is 0.191. The molecule has 0 radical (unpaired) electrons. The number of benzene rings is 3. The predicted molar refractivity (Wildman–Crippen MR) is 123 cm³/mol. The van der Waals surface area contributed by atoms with Crippen molar-refractivity contribution in [3.05, 3.63) is 77.4 Å². The lowest BCUT2D eigenvalue weighted by molar-refractivity contribution is -0.107. The Labute approximate surface area is 188 Å². The Balaban J connectivity index is 0.000000860. The van der Waals surface area contributed by atoms with Gasteiger partial charge in [-0.25, -0.2) is 0 Å². The summed E-state index contributed by atoms with van der Waals surface area (Å²) in [5.41, 5.74) is 10.7. The van der Waals surface area contributed by atoms with Gasteiger partial charge in [0.05, 0.1) is 0 Å². The van der Waals surface area contributed by atoms with Crippen LogP contribution in [0.5, 0.6) is 17.2 Å². The van der Waals surface area contributed by atoms with Gasteiger partial charge in [-0.1, -0.05) is 36.4 Å². The minimum absolute atomic E-state index is 0.191. The van der Waals surface area contributed by atoms with Crippen LogP contribution in [0, 0.1) is 0 Å². The third-order valence-corrected chi connectivity index (χ3v) is 4.70. The Morgan fingerprint density at radius 2 is 1.72 bits per heavy atom. The van der Waals surface area contributed by atoms with Gasteiger partial charge in [-0.05, 0) is 41.0 Å². The SMILES string of the molecule is CO.CO.NCc1cccc(-c2cc(COc3ccccc3CC=O)c3c(c2)OCO3)c1. The van der Waals surface area contributed by atoms with Gasteiger partial charge in [-0.2, -0.15) is 0 Å². The van der Waals surface area contributed by atoms with Gasteiger partial charge in [0.2, 0.25) is 6.79 Å². The summed E-state index contributed by atoms with van der Waals surface area (Å²) in [6.45, 7) is 0.990. The molecule has 1 heterocycles. The van der Waals surface area contributed by atoms with E-state index < -0.39 is 0 Å². The highest BCUT2D eigenvalue weighted by molar-refractivity contribution is 5.70. The molecule has 0 fully saturated rings. The number of aliphatic hydroxyl groups is 2. The molecule has 0 amide bonds. The fraction of sp³-hybridized carbons (Fsp3) is 0.240. The van der Waals surface area contributed by atoms with Crippen LogP contribution in [0.15, 0.2) is 60.7 Å². The first-order valence-electron chi connectivity index (χ1n) is 10.0. The van der Waals surface area contributed by atoms with Crippen LogP contribution in [0.1, 0.15) is 16.7 Å². The molecule has 0 atom stereocenters. The van der Waals surface area contributed by atoms with Crippen LogP contribution in [0.25, 0.3) is 11.1 Å².